The molecule has 0 saturated carbocycles. The second kappa shape index (κ2) is 4.38. The number of hydrogen-bond donors (Lipinski definition) is 1. The number of halogens is 2. The van der Waals surface area contributed by atoms with Gasteiger partial charge in [-0.3, -0.25) is 14.5 Å². The smallest absolute Gasteiger partial charge is 0.262 e. The third kappa shape index (κ3) is 1.83. The Labute approximate surface area is 108 Å². The van der Waals surface area contributed by atoms with Gasteiger partial charge in [-0.1, -0.05) is 6.92 Å². The molecule has 1 aliphatic heterocycles. The van der Waals surface area contributed by atoms with E-state index < -0.39 is 35.6 Å². The number of carbonyl (C=O) groups excluding carboxylic acids is 2. The molecule has 0 aliphatic carbocycles. The van der Waals surface area contributed by atoms with Gasteiger partial charge in [0.2, 0.25) is 0 Å². The molecule has 0 spiro atoms. The summed E-state index contributed by atoms with van der Waals surface area (Å²) >= 11 is 0. The van der Waals surface area contributed by atoms with Crippen molar-refractivity contribution in [1.82, 2.24) is 4.90 Å². The van der Waals surface area contributed by atoms with Gasteiger partial charge in [0.05, 0.1) is 23.3 Å². The molecule has 4 nitrogen and oxygen atoms in total. The summed E-state index contributed by atoms with van der Waals surface area (Å²) in [6.07, 6.45) is 0.333. The molecule has 1 aromatic rings. The number of aliphatic hydroxyl groups is 1. The van der Waals surface area contributed by atoms with Crippen LogP contribution in [0.2, 0.25) is 0 Å². The molecule has 0 aromatic heterocycles. The highest BCUT2D eigenvalue weighted by Gasteiger charge is 2.45. The van der Waals surface area contributed by atoms with Gasteiger partial charge in [0.25, 0.3) is 11.8 Å². The van der Waals surface area contributed by atoms with Crippen LogP contribution in [0.1, 0.15) is 41.0 Å². The van der Waals surface area contributed by atoms with Gasteiger partial charge in [-0.2, -0.15) is 0 Å². The summed E-state index contributed by atoms with van der Waals surface area (Å²) in [5.74, 6) is -3.78. The summed E-state index contributed by atoms with van der Waals surface area (Å²) in [6.45, 7) is 2.84. The minimum Gasteiger partial charge on any atom is -0.394 e. The van der Waals surface area contributed by atoms with Gasteiger partial charge < -0.3 is 5.11 Å². The monoisotopic (exact) mass is 269 g/mol. The van der Waals surface area contributed by atoms with Gasteiger partial charge in [0.1, 0.15) is 0 Å². The molecule has 102 valence electrons. The minimum atomic E-state index is -1.18. The topological polar surface area (TPSA) is 57.6 Å². The Morgan fingerprint density at radius 3 is 1.89 bits per heavy atom. The first kappa shape index (κ1) is 13.6. The van der Waals surface area contributed by atoms with E-state index in [-0.39, 0.29) is 11.1 Å². The van der Waals surface area contributed by atoms with E-state index >= 15 is 0 Å². The van der Waals surface area contributed by atoms with Crippen LogP contribution in [0.25, 0.3) is 0 Å². The van der Waals surface area contributed by atoms with Crippen molar-refractivity contribution in [3.63, 3.8) is 0 Å². The summed E-state index contributed by atoms with van der Waals surface area (Å²) in [5.41, 5.74) is -1.42. The molecule has 0 fully saturated rings. The molecule has 0 saturated heterocycles. The van der Waals surface area contributed by atoms with Crippen LogP contribution in [0.15, 0.2) is 12.1 Å². The first-order chi connectivity index (χ1) is 8.85. The zero-order valence-corrected chi connectivity index (χ0v) is 10.5. The summed E-state index contributed by atoms with van der Waals surface area (Å²) < 4.78 is 26.3. The largest absolute Gasteiger partial charge is 0.394 e. The molecule has 1 atom stereocenters. The van der Waals surface area contributed by atoms with Crippen molar-refractivity contribution < 1.29 is 23.5 Å². The second-order valence-electron chi connectivity index (χ2n) is 4.77. The molecule has 0 radical (unpaired) electrons. The fraction of sp³-hybridized carbons (Fsp3) is 0.385. The Hall–Kier alpha value is -1.82. The molecule has 0 bridgehead atoms. The van der Waals surface area contributed by atoms with Crippen molar-refractivity contribution in [3.05, 3.63) is 34.9 Å². The Kier molecular flexibility index (Phi) is 3.14. The third-order valence-electron chi connectivity index (χ3n) is 3.57. The van der Waals surface area contributed by atoms with Crippen molar-refractivity contribution in [1.29, 1.82) is 0 Å². The van der Waals surface area contributed by atoms with Crippen LogP contribution in [0.4, 0.5) is 8.78 Å². The Morgan fingerprint density at radius 1 is 1.16 bits per heavy atom. The maximum Gasteiger partial charge on any atom is 0.262 e. The van der Waals surface area contributed by atoms with E-state index in [2.05, 4.69) is 0 Å². The van der Waals surface area contributed by atoms with Crippen molar-refractivity contribution in [3.8, 4) is 0 Å². The average molecular weight is 269 g/mol. The van der Waals surface area contributed by atoms with E-state index in [0.29, 0.717) is 6.42 Å². The summed E-state index contributed by atoms with van der Waals surface area (Å²) in [5, 5.41) is 9.38. The number of rotatable bonds is 3. The highest BCUT2D eigenvalue weighted by Crippen LogP contribution is 2.32. The van der Waals surface area contributed by atoms with Crippen LogP contribution in [0, 0.1) is 11.6 Å². The lowest BCUT2D eigenvalue weighted by Gasteiger charge is -2.34. The lowest BCUT2D eigenvalue weighted by Crippen LogP contribution is -2.51. The molecular formula is C13H13F2NO3. The van der Waals surface area contributed by atoms with Crippen LogP contribution < -0.4 is 0 Å². The number of carbonyl (C=O) groups is 2. The lowest BCUT2D eigenvalue weighted by molar-refractivity contribution is 0.0292. The van der Waals surface area contributed by atoms with Gasteiger partial charge in [-0.15, -0.1) is 0 Å². The van der Waals surface area contributed by atoms with Crippen LogP contribution in [-0.2, 0) is 0 Å². The highest BCUT2D eigenvalue weighted by molar-refractivity contribution is 6.21. The van der Waals surface area contributed by atoms with Crippen LogP contribution >= 0.6 is 0 Å². The van der Waals surface area contributed by atoms with Gasteiger partial charge in [-0.25, -0.2) is 8.78 Å². The Balaban J connectivity index is 2.56. The van der Waals surface area contributed by atoms with Gasteiger partial charge in [-0.05, 0) is 25.5 Å². The molecule has 1 unspecified atom stereocenters. The van der Waals surface area contributed by atoms with Gasteiger partial charge >= 0.3 is 0 Å². The average Bonchev–Trinajstić information content (AvgIpc) is 2.62. The number of nitrogens with zero attached hydrogens (tertiary/aromatic N) is 1. The van der Waals surface area contributed by atoms with Crippen LogP contribution in [-0.4, -0.2) is 34.0 Å². The molecule has 1 N–H and O–H groups in total. The molecule has 1 heterocycles. The fourth-order valence-electron chi connectivity index (χ4n) is 2.06. The van der Waals surface area contributed by atoms with E-state index in [1.165, 1.54) is 0 Å². The molecule has 1 aliphatic rings. The maximum absolute atomic E-state index is 13.2. The first-order valence-electron chi connectivity index (χ1n) is 5.84. The quantitative estimate of drug-likeness (QED) is 0.850. The van der Waals surface area contributed by atoms with Crippen molar-refractivity contribution >= 4 is 11.8 Å². The maximum atomic E-state index is 13.2. The zero-order valence-electron chi connectivity index (χ0n) is 10.5. The molecular weight excluding hydrogens is 256 g/mol. The normalized spacial score (nSPS) is 17.6. The summed E-state index contributed by atoms with van der Waals surface area (Å²) in [7, 11) is 0. The number of amides is 2. The first-order valence-corrected chi connectivity index (χ1v) is 5.84. The molecule has 6 heteroatoms. The standard InChI is InChI=1S/C13H13F2NO3/c1-3-13(2,6-17)16-11(18)7-4-9(14)10(15)5-8(7)12(16)19/h4-5,17H,3,6H2,1-2H3. The zero-order chi connectivity index (χ0) is 14.4. The minimum absolute atomic E-state index is 0.169. The number of hydrogen-bond acceptors (Lipinski definition) is 3. The lowest BCUT2D eigenvalue weighted by atomic mass is 9.98. The molecule has 19 heavy (non-hydrogen) atoms. The molecule has 2 rings (SSSR count). The predicted molar refractivity (Wildman–Crippen MR) is 62.6 cm³/mol. The van der Waals surface area contributed by atoms with Gasteiger partial charge in [0.15, 0.2) is 11.6 Å². The third-order valence-corrected chi connectivity index (χ3v) is 3.57. The van der Waals surface area contributed by atoms with E-state index in [1.54, 1.807) is 13.8 Å². The summed E-state index contributed by atoms with van der Waals surface area (Å²) in [6, 6.07) is 1.44. The van der Waals surface area contributed by atoms with Crippen molar-refractivity contribution in [2.24, 2.45) is 0 Å². The van der Waals surface area contributed by atoms with Crippen molar-refractivity contribution in [2.75, 3.05) is 6.61 Å². The number of aliphatic hydroxyl groups excluding tert-OH is 1. The SMILES string of the molecule is CCC(C)(CO)N1C(=O)c2cc(F)c(F)cc2C1=O. The van der Waals surface area contributed by atoms with Gasteiger partial charge in [0, 0.05) is 0 Å². The highest BCUT2D eigenvalue weighted by atomic mass is 19.2. The fourth-order valence-corrected chi connectivity index (χ4v) is 2.06. The Bertz CT molecular complexity index is 526. The van der Waals surface area contributed by atoms with E-state index in [0.717, 1.165) is 17.0 Å². The number of imide groups is 1. The predicted octanol–water partition coefficient (Wildman–Crippen LogP) is 1.72. The summed E-state index contributed by atoms with van der Waals surface area (Å²) in [4.78, 5) is 25.2. The molecule has 2 amide bonds. The van der Waals surface area contributed by atoms with Crippen molar-refractivity contribution in [2.45, 2.75) is 25.8 Å². The van der Waals surface area contributed by atoms with E-state index in [1.807, 2.05) is 0 Å². The van der Waals surface area contributed by atoms with E-state index in [9.17, 15) is 23.5 Å². The molecule has 1 aromatic carbocycles. The van der Waals surface area contributed by atoms with Crippen LogP contribution in [0.3, 0.4) is 0 Å². The Morgan fingerprint density at radius 2 is 1.58 bits per heavy atom. The number of fused-ring (bicyclic) bond motifs is 1. The van der Waals surface area contributed by atoms with E-state index in [4.69, 9.17) is 0 Å². The second-order valence-corrected chi connectivity index (χ2v) is 4.77. The van der Waals surface area contributed by atoms with Crippen LogP contribution in [0.5, 0.6) is 0 Å². The number of benzene rings is 1.